The number of hydrogen-bond acceptors (Lipinski definition) is 3. The lowest BCUT2D eigenvalue weighted by molar-refractivity contribution is -0.126. The zero-order valence-corrected chi connectivity index (χ0v) is 12.0. The van der Waals surface area contributed by atoms with Crippen LogP contribution in [-0.2, 0) is 9.63 Å². The SMILES string of the molecule is CC(C)NC(=O)CO/N=C\c1ccc(C(C)C)cc1. The second-order valence-corrected chi connectivity index (χ2v) is 5.05. The molecule has 1 aromatic carbocycles. The van der Waals surface area contributed by atoms with Crippen LogP contribution in [0.25, 0.3) is 0 Å². The van der Waals surface area contributed by atoms with Crippen molar-refractivity contribution in [3.63, 3.8) is 0 Å². The molecule has 19 heavy (non-hydrogen) atoms. The predicted octanol–water partition coefficient (Wildman–Crippen LogP) is 2.69. The van der Waals surface area contributed by atoms with Gasteiger partial charge in [0.05, 0.1) is 6.21 Å². The normalized spacial score (nSPS) is 11.3. The van der Waals surface area contributed by atoms with E-state index in [1.165, 1.54) is 5.56 Å². The fourth-order valence-electron chi connectivity index (χ4n) is 1.52. The van der Waals surface area contributed by atoms with E-state index in [-0.39, 0.29) is 18.6 Å². The number of nitrogens with zero attached hydrogens (tertiary/aromatic N) is 1. The van der Waals surface area contributed by atoms with Crippen molar-refractivity contribution in [2.24, 2.45) is 5.16 Å². The number of nitrogens with one attached hydrogen (secondary N) is 1. The van der Waals surface area contributed by atoms with Crippen molar-refractivity contribution in [2.75, 3.05) is 6.61 Å². The summed E-state index contributed by atoms with van der Waals surface area (Å²) < 4.78 is 0. The van der Waals surface area contributed by atoms with Crippen molar-refractivity contribution >= 4 is 12.1 Å². The van der Waals surface area contributed by atoms with E-state index < -0.39 is 0 Å². The maximum absolute atomic E-state index is 11.3. The summed E-state index contributed by atoms with van der Waals surface area (Å²) in [6.45, 7) is 8.05. The Morgan fingerprint density at radius 1 is 1.26 bits per heavy atom. The minimum Gasteiger partial charge on any atom is -0.386 e. The number of rotatable bonds is 6. The van der Waals surface area contributed by atoms with Gasteiger partial charge in [-0.2, -0.15) is 0 Å². The van der Waals surface area contributed by atoms with Crippen LogP contribution in [0, 0.1) is 0 Å². The van der Waals surface area contributed by atoms with Gasteiger partial charge in [0.2, 0.25) is 0 Å². The van der Waals surface area contributed by atoms with Gasteiger partial charge in [-0.05, 0) is 30.9 Å². The van der Waals surface area contributed by atoms with E-state index in [1.807, 2.05) is 26.0 Å². The maximum Gasteiger partial charge on any atom is 0.260 e. The number of hydrogen-bond donors (Lipinski definition) is 1. The molecule has 0 atom stereocenters. The number of carbonyl (C=O) groups excluding carboxylic acids is 1. The maximum atomic E-state index is 11.3. The summed E-state index contributed by atoms with van der Waals surface area (Å²) in [5.41, 5.74) is 2.24. The summed E-state index contributed by atoms with van der Waals surface area (Å²) in [7, 11) is 0. The molecule has 0 aliphatic rings. The van der Waals surface area contributed by atoms with Gasteiger partial charge in [0.1, 0.15) is 0 Å². The van der Waals surface area contributed by atoms with Gasteiger partial charge in [-0.1, -0.05) is 43.3 Å². The Labute approximate surface area is 114 Å². The first-order valence-corrected chi connectivity index (χ1v) is 6.53. The Morgan fingerprint density at radius 2 is 1.89 bits per heavy atom. The fraction of sp³-hybridized carbons (Fsp3) is 0.467. The molecule has 0 bridgehead atoms. The van der Waals surface area contributed by atoms with Crippen LogP contribution in [0.5, 0.6) is 0 Å². The van der Waals surface area contributed by atoms with E-state index in [9.17, 15) is 4.79 Å². The summed E-state index contributed by atoms with van der Waals surface area (Å²) in [6, 6.07) is 8.21. The van der Waals surface area contributed by atoms with Crippen molar-refractivity contribution in [2.45, 2.75) is 39.7 Å². The summed E-state index contributed by atoms with van der Waals surface area (Å²) in [6.07, 6.45) is 1.60. The van der Waals surface area contributed by atoms with Crippen LogP contribution < -0.4 is 5.32 Å². The molecule has 4 heteroatoms. The van der Waals surface area contributed by atoms with Crippen LogP contribution in [0.4, 0.5) is 0 Å². The first-order chi connectivity index (χ1) is 8.99. The number of amides is 1. The molecule has 0 spiro atoms. The van der Waals surface area contributed by atoms with Gasteiger partial charge in [-0.25, -0.2) is 0 Å². The molecule has 1 N–H and O–H groups in total. The van der Waals surface area contributed by atoms with Crippen LogP contribution in [0.1, 0.15) is 44.7 Å². The quantitative estimate of drug-likeness (QED) is 0.633. The molecule has 0 aliphatic carbocycles. The molecule has 104 valence electrons. The van der Waals surface area contributed by atoms with Crippen LogP contribution in [-0.4, -0.2) is 24.8 Å². The number of oxime groups is 1. The van der Waals surface area contributed by atoms with Gasteiger partial charge in [0, 0.05) is 6.04 Å². The van der Waals surface area contributed by atoms with Gasteiger partial charge in [-0.3, -0.25) is 4.79 Å². The second-order valence-electron chi connectivity index (χ2n) is 5.05. The Kier molecular flexibility index (Phi) is 6.06. The van der Waals surface area contributed by atoms with E-state index in [2.05, 4.69) is 36.5 Å². The summed E-state index contributed by atoms with van der Waals surface area (Å²) in [5.74, 6) is 0.351. The Balaban J connectivity index is 2.38. The monoisotopic (exact) mass is 262 g/mol. The van der Waals surface area contributed by atoms with Crippen molar-refractivity contribution in [1.82, 2.24) is 5.32 Å². The van der Waals surface area contributed by atoms with E-state index in [4.69, 9.17) is 4.84 Å². The Hall–Kier alpha value is -1.84. The Bertz CT molecular complexity index is 422. The average Bonchev–Trinajstić information content (AvgIpc) is 2.34. The molecule has 0 saturated heterocycles. The van der Waals surface area contributed by atoms with Crippen molar-refractivity contribution in [3.8, 4) is 0 Å². The van der Waals surface area contributed by atoms with Gasteiger partial charge in [-0.15, -0.1) is 0 Å². The minimum absolute atomic E-state index is 0.0568. The molecule has 1 rings (SSSR count). The molecular weight excluding hydrogens is 240 g/mol. The molecule has 0 radical (unpaired) electrons. The predicted molar refractivity (Wildman–Crippen MR) is 77.4 cm³/mol. The molecule has 0 aromatic heterocycles. The topological polar surface area (TPSA) is 50.7 Å². The highest BCUT2D eigenvalue weighted by Crippen LogP contribution is 2.13. The zero-order valence-electron chi connectivity index (χ0n) is 12.0. The lowest BCUT2D eigenvalue weighted by Crippen LogP contribution is -2.32. The lowest BCUT2D eigenvalue weighted by Gasteiger charge is -2.06. The molecule has 0 heterocycles. The third-order valence-electron chi connectivity index (χ3n) is 2.52. The third-order valence-corrected chi connectivity index (χ3v) is 2.52. The molecule has 4 nitrogen and oxygen atoms in total. The fourth-order valence-corrected chi connectivity index (χ4v) is 1.52. The highest BCUT2D eigenvalue weighted by molar-refractivity contribution is 5.80. The van der Waals surface area contributed by atoms with Gasteiger partial charge in [0.15, 0.2) is 6.61 Å². The van der Waals surface area contributed by atoms with Crippen molar-refractivity contribution in [3.05, 3.63) is 35.4 Å². The van der Waals surface area contributed by atoms with Crippen LogP contribution in [0.2, 0.25) is 0 Å². The molecular formula is C15H22N2O2. The molecule has 0 fully saturated rings. The van der Waals surface area contributed by atoms with E-state index >= 15 is 0 Å². The van der Waals surface area contributed by atoms with Gasteiger partial charge in [0.25, 0.3) is 5.91 Å². The number of carbonyl (C=O) groups is 1. The van der Waals surface area contributed by atoms with E-state index in [1.54, 1.807) is 6.21 Å². The summed E-state index contributed by atoms with van der Waals surface area (Å²) in [5, 5.41) is 6.50. The van der Waals surface area contributed by atoms with Crippen LogP contribution in [0.15, 0.2) is 29.4 Å². The first kappa shape index (κ1) is 15.2. The Morgan fingerprint density at radius 3 is 2.42 bits per heavy atom. The standard InChI is InChI=1S/C15H22N2O2/c1-11(2)14-7-5-13(6-8-14)9-16-19-10-15(18)17-12(3)4/h5-9,11-12H,10H2,1-4H3,(H,17,18)/b16-9-. The smallest absolute Gasteiger partial charge is 0.260 e. The average molecular weight is 262 g/mol. The highest BCUT2D eigenvalue weighted by Gasteiger charge is 2.02. The minimum atomic E-state index is -0.165. The van der Waals surface area contributed by atoms with E-state index in [0.29, 0.717) is 5.92 Å². The first-order valence-electron chi connectivity index (χ1n) is 6.53. The highest BCUT2D eigenvalue weighted by atomic mass is 16.6. The van der Waals surface area contributed by atoms with Crippen molar-refractivity contribution in [1.29, 1.82) is 0 Å². The van der Waals surface area contributed by atoms with Crippen LogP contribution in [0.3, 0.4) is 0 Å². The molecule has 0 aliphatic heterocycles. The van der Waals surface area contributed by atoms with Crippen LogP contribution >= 0.6 is 0 Å². The summed E-state index contributed by atoms with van der Waals surface area (Å²) >= 11 is 0. The molecule has 0 unspecified atom stereocenters. The van der Waals surface area contributed by atoms with Gasteiger partial charge < -0.3 is 10.2 Å². The zero-order chi connectivity index (χ0) is 14.3. The molecule has 0 saturated carbocycles. The van der Waals surface area contributed by atoms with Gasteiger partial charge >= 0.3 is 0 Å². The molecule has 1 aromatic rings. The largest absolute Gasteiger partial charge is 0.386 e. The third kappa shape index (κ3) is 6.04. The number of benzene rings is 1. The molecule has 1 amide bonds. The summed E-state index contributed by atoms with van der Waals surface area (Å²) in [4.78, 5) is 16.2. The van der Waals surface area contributed by atoms with Crippen molar-refractivity contribution < 1.29 is 9.63 Å². The second kappa shape index (κ2) is 7.56. The van der Waals surface area contributed by atoms with E-state index in [0.717, 1.165) is 5.56 Å². The lowest BCUT2D eigenvalue weighted by atomic mass is 10.0.